The van der Waals surface area contributed by atoms with Crippen molar-refractivity contribution in [2.45, 2.75) is 13.5 Å². The van der Waals surface area contributed by atoms with Crippen LogP contribution in [0.5, 0.6) is 5.75 Å². The number of hydrazine groups is 1. The Hall–Kier alpha value is -1.75. The number of rotatable bonds is 3. The van der Waals surface area contributed by atoms with Gasteiger partial charge in [-0.25, -0.2) is 10.8 Å². The van der Waals surface area contributed by atoms with E-state index in [0.29, 0.717) is 5.95 Å². The summed E-state index contributed by atoms with van der Waals surface area (Å²) in [5, 5.41) is 0. The predicted octanol–water partition coefficient (Wildman–Crippen LogP) is 1.35. The van der Waals surface area contributed by atoms with E-state index in [0.717, 1.165) is 23.3 Å². The van der Waals surface area contributed by atoms with Gasteiger partial charge < -0.3 is 9.30 Å². The molecule has 0 aliphatic carbocycles. The van der Waals surface area contributed by atoms with Crippen molar-refractivity contribution in [3.8, 4) is 5.75 Å². The highest BCUT2D eigenvalue weighted by Gasteiger charge is 2.08. The summed E-state index contributed by atoms with van der Waals surface area (Å²) < 4.78 is 7.17. The first-order chi connectivity index (χ1) is 7.30. The third-order valence-electron chi connectivity index (χ3n) is 2.40. The van der Waals surface area contributed by atoms with E-state index in [2.05, 4.69) is 10.4 Å². The van der Waals surface area contributed by atoms with Crippen molar-refractivity contribution in [1.82, 2.24) is 9.55 Å². The van der Waals surface area contributed by atoms with Crippen LogP contribution in [-0.4, -0.2) is 16.7 Å². The van der Waals surface area contributed by atoms with Gasteiger partial charge in [-0.3, -0.25) is 5.43 Å². The minimum Gasteiger partial charge on any atom is -0.497 e. The monoisotopic (exact) mass is 206 g/mol. The molecule has 0 spiro atoms. The molecule has 0 amide bonds. The maximum atomic E-state index is 5.40. The molecule has 5 heteroatoms. The van der Waals surface area contributed by atoms with Crippen LogP contribution in [-0.2, 0) is 6.54 Å². The van der Waals surface area contributed by atoms with Crippen LogP contribution in [0.3, 0.4) is 0 Å². The molecule has 0 unspecified atom stereocenters. The number of benzene rings is 1. The number of anilines is 1. The lowest BCUT2D eigenvalue weighted by molar-refractivity contribution is 0.415. The molecule has 0 atom stereocenters. The van der Waals surface area contributed by atoms with Gasteiger partial charge in [0, 0.05) is 12.6 Å². The number of nitrogen functional groups attached to an aromatic ring is 1. The summed E-state index contributed by atoms with van der Waals surface area (Å²) in [5.74, 6) is 6.88. The molecular weight excluding hydrogens is 192 g/mol. The van der Waals surface area contributed by atoms with Gasteiger partial charge in [-0.1, -0.05) is 0 Å². The van der Waals surface area contributed by atoms with Crippen molar-refractivity contribution >= 4 is 17.0 Å². The van der Waals surface area contributed by atoms with Gasteiger partial charge in [-0.2, -0.15) is 0 Å². The summed E-state index contributed by atoms with van der Waals surface area (Å²) in [5.41, 5.74) is 4.51. The fourth-order valence-electron chi connectivity index (χ4n) is 1.66. The van der Waals surface area contributed by atoms with E-state index < -0.39 is 0 Å². The average Bonchev–Trinajstić information content (AvgIpc) is 2.65. The second-order valence-corrected chi connectivity index (χ2v) is 3.18. The molecule has 3 N–H and O–H groups in total. The Labute approximate surface area is 87.8 Å². The highest BCUT2D eigenvalue weighted by atomic mass is 16.5. The number of ether oxygens (including phenoxy) is 1. The zero-order chi connectivity index (χ0) is 10.8. The van der Waals surface area contributed by atoms with Crippen LogP contribution in [0.1, 0.15) is 6.92 Å². The molecule has 0 fully saturated rings. The summed E-state index contributed by atoms with van der Waals surface area (Å²) in [6.45, 7) is 2.85. The predicted molar refractivity (Wildman–Crippen MR) is 59.8 cm³/mol. The van der Waals surface area contributed by atoms with Crippen molar-refractivity contribution in [2.75, 3.05) is 12.5 Å². The SMILES string of the molecule is CCn1c(NN)nc2ccc(OC)cc21. The Kier molecular flexibility index (Phi) is 2.47. The van der Waals surface area contributed by atoms with Crippen molar-refractivity contribution in [3.63, 3.8) is 0 Å². The second-order valence-electron chi connectivity index (χ2n) is 3.18. The summed E-state index contributed by atoms with van der Waals surface area (Å²) in [4.78, 5) is 4.35. The van der Waals surface area contributed by atoms with Gasteiger partial charge in [0.1, 0.15) is 5.75 Å². The summed E-state index contributed by atoms with van der Waals surface area (Å²) in [6.07, 6.45) is 0. The van der Waals surface area contributed by atoms with Crippen LogP contribution in [0.15, 0.2) is 18.2 Å². The summed E-state index contributed by atoms with van der Waals surface area (Å²) in [7, 11) is 1.65. The normalized spacial score (nSPS) is 10.6. The Morgan fingerprint density at radius 3 is 2.93 bits per heavy atom. The van der Waals surface area contributed by atoms with E-state index in [4.69, 9.17) is 10.6 Å². The van der Waals surface area contributed by atoms with Crippen LogP contribution in [0.2, 0.25) is 0 Å². The molecule has 0 saturated heterocycles. The Bertz CT molecular complexity index is 477. The van der Waals surface area contributed by atoms with Crippen LogP contribution < -0.4 is 16.0 Å². The van der Waals surface area contributed by atoms with E-state index in [1.807, 2.05) is 29.7 Å². The van der Waals surface area contributed by atoms with Gasteiger partial charge in [0.05, 0.1) is 18.1 Å². The number of aromatic nitrogens is 2. The molecule has 0 aliphatic rings. The first kappa shape index (κ1) is 9.79. The van der Waals surface area contributed by atoms with Gasteiger partial charge in [0.15, 0.2) is 0 Å². The highest BCUT2D eigenvalue weighted by molar-refractivity contribution is 5.80. The number of nitrogens with two attached hydrogens (primary N) is 1. The number of aryl methyl sites for hydroxylation is 1. The lowest BCUT2D eigenvalue weighted by Crippen LogP contribution is -2.12. The maximum absolute atomic E-state index is 5.40. The standard InChI is InChI=1S/C10H14N4O/c1-3-14-9-6-7(15-2)4-5-8(9)12-10(14)13-11/h4-6H,3,11H2,1-2H3,(H,12,13). The Balaban J connectivity index is 2.67. The van der Waals surface area contributed by atoms with Crippen LogP contribution in [0.4, 0.5) is 5.95 Å². The molecule has 0 aliphatic heterocycles. The lowest BCUT2D eigenvalue weighted by Gasteiger charge is -2.04. The van der Waals surface area contributed by atoms with E-state index in [-0.39, 0.29) is 0 Å². The fraction of sp³-hybridized carbons (Fsp3) is 0.300. The van der Waals surface area contributed by atoms with Crippen molar-refractivity contribution in [1.29, 1.82) is 0 Å². The molecule has 0 radical (unpaired) electrons. The number of hydrogen-bond acceptors (Lipinski definition) is 4. The quantitative estimate of drug-likeness (QED) is 0.587. The van der Waals surface area contributed by atoms with Crippen molar-refractivity contribution < 1.29 is 4.74 Å². The Morgan fingerprint density at radius 2 is 2.33 bits per heavy atom. The van der Waals surface area contributed by atoms with E-state index in [9.17, 15) is 0 Å². The second kappa shape index (κ2) is 3.78. The van der Waals surface area contributed by atoms with Crippen molar-refractivity contribution in [3.05, 3.63) is 18.2 Å². The number of imidazole rings is 1. The molecule has 0 saturated carbocycles. The fourth-order valence-corrected chi connectivity index (χ4v) is 1.66. The molecule has 0 bridgehead atoms. The molecule has 1 aromatic carbocycles. The highest BCUT2D eigenvalue weighted by Crippen LogP contribution is 2.23. The van der Waals surface area contributed by atoms with Crippen molar-refractivity contribution in [2.24, 2.45) is 5.84 Å². The largest absolute Gasteiger partial charge is 0.497 e. The number of nitrogens with zero attached hydrogens (tertiary/aromatic N) is 2. The molecule has 80 valence electrons. The molecule has 5 nitrogen and oxygen atoms in total. The molecule has 2 aromatic rings. The third-order valence-corrected chi connectivity index (χ3v) is 2.40. The molecule has 2 rings (SSSR count). The summed E-state index contributed by atoms with van der Waals surface area (Å²) in [6, 6.07) is 5.75. The van der Waals surface area contributed by atoms with E-state index in [1.165, 1.54) is 0 Å². The van der Waals surface area contributed by atoms with Gasteiger partial charge in [0.25, 0.3) is 0 Å². The molecule has 1 aromatic heterocycles. The maximum Gasteiger partial charge on any atom is 0.218 e. The van der Waals surface area contributed by atoms with Gasteiger partial charge in [0.2, 0.25) is 5.95 Å². The molecule has 1 heterocycles. The number of methoxy groups -OCH3 is 1. The summed E-state index contributed by atoms with van der Waals surface area (Å²) >= 11 is 0. The first-order valence-corrected chi connectivity index (χ1v) is 4.81. The minimum absolute atomic E-state index is 0.667. The topological polar surface area (TPSA) is 65.1 Å². The van der Waals surface area contributed by atoms with E-state index in [1.54, 1.807) is 7.11 Å². The minimum atomic E-state index is 0.667. The van der Waals surface area contributed by atoms with Crippen LogP contribution in [0.25, 0.3) is 11.0 Å². The van der Waals surface area contributed by atoms with Gasteiger partial charge >= 0.3 is 0 Å². The van der Waals surface area contributed by atoms with Gasteiger partial charge in [-0.15, -0.1) is 0 Å². The van der Waals surface area contributed by atoms with Crippen LogP contribution >= 0.6 is 0 Å². The number of nitrogens with one attached hydrogen (secondary N) is 1. The van der Waals surface area contributed by atoms with E-state index >= 15 is 0 Å². The zero-order valence-corrected chi connectivity index (χ0v) is 8.82. The van der Waals surface area contributed by atoms with Crippen LogP contribution in [0, 0.1) is 0 Å². The zero-order valence-electron chi connectivity index (χ0n) is 8.82. The third kappa shape index (κ3) is 1.50. The Morgan fingerprint density at radius 1 is 1.53 bits per heavy atom. The lowest BCUT2D eigenvalue weighted by atomic mass is 10.3. The van der Waals surface area contributed by atoms with Gasteiger partial charge in [-0.05, 0) is 19.1 Å². The average molecular weight is 206 g/mol. The molecular formula is C10H14N4O. The molecule has 15 heavy (non-hydrogen) atoms. The first-order valence-electron chi connectivity index (χ1n) is 4.81. The smallest absolute Gasteiger partial charge is 0.218 e. The number of hydrogen-bond donors (Lipinski definition) is 2. The number of fused-ring (bicyclic) bond motifs is 1.